The normalized spacial score (nSPS) is 12.4. The molecule has 1 unspecified atom stereocenters. The number of hydrogen-bond acceptors (Lipinski definition) is 3. The minimum Gasteiger partial charge on any atom is -0.465 e. The number of carbonyl (C=O) groups is 1. The van der Waals surface area contributed by atoms with Crippen LogP contribution in [0.4, 0.5) is 0 Å². The maximum absolute atomic E-state index is 11.2. The summed E-state index contributed by atoms with van der Waals surface area (Å²) in [5.41, 5.74) is 5.71. The largest absolute Gasteiger partial charge is 0.465 e. The first-order valence-electron chi connectivity index (χ1n) is 7.14. The topological polar surface area (TPSA) is 52.3 Å². The Balaban J connectivity index is 3.24. The monoisotopic (exact) mass is 243 g/mol. The molecule has 0 saturated carbocycles. The zero-order valence-corrected chi connectivity index (χ0v) is 11.5. The summed E-state index contributed by atoms with van der Waals surface area (Å²) in [4.78, 5) is 11.2. The fourth-order valence-corrected chi connectivity index (χ4v) is 1.87. The Morgan fingerprint density at radius 3 is 2.06 bits per heavy atom. The average Bonchev–Trinajstić information content (AvgIpc) is 2.32. The van der Waals surface area contributed by atoms with Crippen molar-refractivity contribution in [3.8, 4) is 0 Å². The quantitative estimate of drug-likeness (QED) is 0.447. The first-order chi connectivity index (χ1) is 8.22. The lowest BCUT2D eigenvalue weighted by atomic mass is 10.1. The third kappa shape index (κ3) is 10.3. The van der Waals surface area contributed by atoms with Gasteiger partial charge >= 0.3 is 5.97 Å². The van der Waals surface area contributed by atoms with Gasteiger partial charge in [0.15, 0.2) is 0 Å². The van der Waals surface area contributed by atoms with Crippen molar-refractivity contribution in [2.75, 3.05) is 6.61 Å². The van der Waals surface area contributed by atoms with Gasteiger partial charge in [0.05, 0.1) is 6.61 Å². The average molecular weight is 243 g/mol. The van der Waals surface area contributed by atoms with Crippen molar-refractivity contribution in [3.05, 3.63) is 0 Å². The Morgan fingerprint density at radius 1 is 1.00 bits per heavy atom. The SMILES string of the molecule is CCCCCCCCCCC(N)C(=O)OCC. The summed E-state index contributed by atoms with van der Waals surface area (Å²) in [6.45, 7) is 4.46. The lowest BCUT2D eigenvalue weighted by Gasteiger charge is -2.09. The highest BCUT2D eigenvalue weighted by Gasteiger charge is 2.13. The lowest BCUT2D eigenvalue weighted by molar-refractivity contribution is -0.144. The molecule has 0 bridgehead atoms. The summed E-state index contributed by atoms with van der Waals surface area (Å²) < 4.78 is 4.86. The molecule has 0 amide bonds. The maximum atomic E-state index is 11.2. The van der Waals surface area contributed by atoms with Gasteiger partial charge in [-0.1, -0.05) is 58.3 Å². The van der Waals surface area contributed by atoms with Gasteiger partial charge in [0.25, 0.3) is 0 Å². The second kappa shape index (κ2) is 11.9. The zero-order valence-electron chi connectivity index (χ0n) is 11.5. The van der Waals surface area contributed by atoms with Crippen LogP contribution in [0.15, 0.2) is 0 Å². The molecule has 102 valence electrons. The van der Waals surface area contributed by atoms with Crippen molar-refractivity contribution in [2.45, 2.75) is 77.7 Å². The molecule has 0 saturated heterocycles. The number of unbranched alkanes of at least 4 members (excludes halogenated alkanes) is 7. The molecular formula is C14H29NO2. The van der Waals surface area contributed by atoms with Crippen LogP contribution in [0.5, 0.6) is 0 Å². The smallest absolute Gasteiger partial charge is 0.322 e. The minimum absolute atomic E-state index is 0.254. The first kappa shape index (κ1) is 16.4. The van der Waals surface area contributed by atoms with E-state index in [4.69, 9.17) is 10.5 Å². The van der Waals surface area contributed by atoms with E-state index in [2.05, 4.69) is 6.92 Å². The van der Waals surface area contributed by atoms with Crippen LogP contribution >= 0.6 is 0 Å². The first-order valence-corrected chi connectivity index (χ1v) is 7.14. The third-order valence-corrected chi connectivity index (χ3v) is 2.96. The molecule has 0 aliphatic rings. The molecular weight excluding hydrogens is 214 g/mol. The third-order valence-electron chi connectivity index (χ3n) is 2.96. The van der Waals surface area contributed by atoms with Crippen LogP contribution in [0.2, 0.25) is 0 Å². The minimum atomic E-state index is -0.421. The number of esters is 1. The lowest BCUT2D eigenvalue weighted by Crippen LogP contribution is -2.32. The Hall–Kier alpha value is -0.570. The van der Waals surface area contributed by atoms with Crippen molar-refractivity contribution in [1.82, 2.24) is 0 Å². The van der Waals surface area contributed by atoms with E-state index in [1.54, 1.807) is 6.92 Å². The second-order valence-electron chi connectivity index (χ2n) is 4.62. The van der Waals surface area contributed by atoms with Crippen molar-refractivity contribution in [1.29, 1.82) is 0 Å². The van der Waals surface area contributed by atoms with Crippen LogP contribution in [0, 0.1) is 0 Å². The maximum Gasteiger partial charge on any atom is 0.322 e. The Labute approximate surface area is 106 Å². The molecule has 2 N–H and O–H groups in total. The van der Waals surface area contributed by atoms with E-state index in [9.17, 15) is 4.79 Å². The van der Waals surface area contributed by atoms with E-state index in [1.165, 1.54) is 44.9 Å². The zero-order chi connectivity index (χ0) is 12.9. The molecule has 0 aromatic heterocycles. The highest BCUT2D eigenvalue weighted by molar-refractivity contribution is 5.75. The molecule has 0 aromatic carbocycles. The number of hydrogen-bond donors (Lipinski definition) is 1. The molecule has 0 aromatic rings. The van der Waals surface area contributed by atoms with Gasteiger partial charge in [-0.3, -0.25) is 4.79 Å². The van der Waals surface area contributed by atoms with Gasteiger partial charge in [-0.25, -0.2) is 0 Å². The van der Waals surface area contributed by atoms with Gasteiger partial charge in [-0.15, -0.1) is 0 Å². The van der Waals surface area contributed by atoms with Crippen LogP contribution < -0.4 is 5.73 Å². The Kier molecular flexibility index (Phi) is 11.5. The van der Waals surface area contributed by atoms with Crippen LogP contribution in [0.1, 0.15) is 71.6 Å². The molecule has 0 heterocycles. The summed E-state index contributed by atoms with van der Waals surface area (Å²) in [5.74, 6) is -0.254. The van der Waals surface area contributed by atoms with Crippen LogP contribution in [0.3, 0.4) is 0 Å². The van der Waals surface area contributed by atoms with Crippen molar-refractivity contribution in [3.63, 3.8) is 0 Å². The van der Waals surface area contributed by atoms with Crippen molar-refractivity contribution < 1.29 is 9.53 Å². The Morgan fingerprint density at radius 2 is 1.53 bits per heavy atom. The van der Waals surface area contributed by atoms with Gasteiger partial charge in [0, 0.05) is 0 Å². The number of carbonyl (C=O) groups excluding carboxylic acids is 1. The van der Waals surface area contributed by atoms with E-state index in [0.29, 0.717) is 6.61 Å². The molecule has 3 heteroatoms. The predicted octanol–water partition coefficient (Wildman–Crippen LogP) is 3.41. The molecule has 0 radical (unpaired) electrons. The fourth-order valence-electron chi connectivity index (χ4n) is 1.87. The summed E-state index contributed by atoms with van der Waals surface area (Å²) in [6, 6.07) is -0.421. The molecule has 1 atom stereocenters. The van der Waals surface area contributed by atoms with Gasteiger partial charge < -0.3 is 10.5 Å². The fraction of sp³-hybridized carbons (Fsp3) is 0.929. The molecule has 0 spiro atoms. The van der Waals surface area contributed by atoms with E-state index < -0.39 is 6.04 Å². The number of nitrogens with two attached hydrogens (primary N) is 1. The summed E-state index contributed by atoms with van der Waals surface area (Å²) >= 11 is 0. The van der Waals surface area contributed by atoms with Crippen LogP contribution in [-0.2, 0) is 9.53 Å². The highest BCUT2D eigenvalue weighted by atomic mass is 16.5. The summed E-state index contributed by atoms with van der Waals surface area (Å²) in [6.07, 6.45) is 10.9. The standard InChI is InChI=1S/C14H29NO2/c1-3-5-6-7-8-9-10-11-12-13(15)14(16)17-4-2/h13H,3-12,15H2,1-2H3. The summed E-state index contributed by atoms with van der Waals surface area (Å²) in [7, 11) is 0. The molecule has 0 fully saturated rings. The molecule has 0 aliphatic heterocycles. The summed E-state index contributed by atoms with van der Waals surface area (Å²) in [5, 5.41) is 0. The van der Waals surface area contributed by atoms with Gasteiger partial charge in [-0.2, -0.15) is 0 Å². The van der Waals surface area contributed by atoms with Crippen molar-refractivity contribution >= 4 is 5.97 Å². The van der Waals surface area contributed by atoms with E-state index in [0.717, 1.165) is 12.8 Å². The number of rotatable bonds is 11. The highest BCUT2D eigenvalue weighted by Crippen LogP contribution is 2.10. The van der Waals surface area contributed by atoms with E-state index in [1.807, 2.05) is 0 Å². The van der Waals surface area contributed by atoms with Crippen LogP contribution in [0.25, 0.3) is 0 Å². The van der Waals surface area contributed by atoms with Crippen molar-refractivity contribution in [2.24, 2.45) is 5.73 Å². The van der Waals surface area contributed by atoms with E-state index >= 15 is 0 Å². The molecule has 17 heavy (non-hydrogen) atoms. The molecule has 0 aliphatic carbocycles. The van der Waals surface area contributed by atoms with Gasteiger partial charge in [0.2, 0.25) is 0 Å². The van der Waals surface area contributed by atoms with E-state index in [-0.39, 0.29) is 5.97 Å². The van der Waals surface area contributed by atoms with Gasteiger partial charge in [0.1, 0.15) is 6.04 Å². The molecule has 0 rings (SSSR count). The Bertz CT molecular complexity index is 183. The molecule has 3 nitrogen and oxygen atoms in total. The second-order valence-corrected chi connectivity index (χ2v) is 4.62. The van der Waals surface area contributed by atoms with Crippen LogP contribution in [-0.4, -0.2) is 18.6 Å². The predicted molar refractivity (Wildman–Crippen MR) is 71.8 cm³/mol. The number of ether oxygens (including phenoxy) is 1. The van der Waals surface area contributed by atoms with Gasteiger partial charge in [-0.05, 0) is 13.3 Å².